The summed E-state index contributed by atoms with van der Waals surface area (Å²) in [5.41, 5.74) is 0.406. The number of benzene rings is 1. The summed E-state index contributed by atoms with van der Waals surface area (Å²) in [7, 11) is 2.04. The Bertz CT molecular complexity index is 334. The Morgan fingerprint density at radius 2 is 2.00 bits per heavy atom. The van der Waals surface area contributed by atoms with Crippen LogP contribution in [0.5, 0.6) is 5.75 Å². The van der Waals surface area contributed by atoms with Crippen molar-refractivity contribution in [1.82, 2.24) is 5.32 Å². The van der Waals surface area contributed by atoms with Gasteiger partial charge in [0.15, 0.2) is 0 Å². The topological polar surface area (TPSA) is 21.3 Å². The van der Waals surface area contributed by atoms with Crippen molar-refractivity contribution in [1.29, 1.82) is 0 Å². The Hall–Kier alpha value is -1.02. The zero-order valence-electron chi connectivity index (χ0n) is 10.9. The molecule has 1 fully saturated rings. The van der Waals surface area contributed by atoms with Gasteiger partial charge in [0.2, 0.25) is 0 Å². The van der Waals surface area contributed by atoms with E-state index in [0.717, 1.165) is 31.2 Å². The molecule has 2 heteroatoms. The van der Waals surface area contributed by atoms with Gasteiger partial charge in [-0.05, 0) is 49.8 Å². The standard InChI is InChI=1S/C15H23NO/c1-15(12-16-2,13-8-9-13)10-11-17-14-6-4-3-5-7-14/h3-7,13,16H,8-12H2,1-2H3. The molecule has 1 aromatic rings. The van der Waals surface area contributed by atoms with Gasteiger partial charge in [-0.3, -0.25) is 0 Å². The van der Waals surface area contributed by atoms with Crippen molar-refractivity contribution in [3.8, 4) is 5.75 Å². The number of para-hydroxylation sites is 1. The van der Waals surface area contributed by atoms with Crippen molar-refractivity contribution in [2.75, 3.05) is 20.2 Å². The molecule has 1 N–H and O–H groups in total. The van der Waals surface area contributed by atoms with Gasteiger partial charge in [0.05, 0.1) is 6.61 Å². The fraction of sp³-hybridized carbons (Fsp3) is 0.600. The average Bonchev–Trinajstić information content (AvgIpc) is 3.15. The second-order valence-electron chi connectivity index (χ2n) is 5.37. The van der Waals surface area contributed by atoms with Crippen LogP contribution in [0.4, 0.5) is 0 Å². The average molecular weight is 233 g/mol. The minimum atomic E-state index is 0.406. The summed E-state index contributed by atoms with van der Waals surface area (Å²) in [6, 6.07) is 10.1. The summed E-state index contributed by atoms with van der Waals surface area (Å²) in [5, 5.41) is 3.32. The molecule has 0 saturated heterocycles. The third kappa shape index (κ3) is 3.47. The Morgan fingerprint density at radius 3 is 2.59 bits per heavy atom. The van der Waals surface area contributed by atoms with Gasteiger partial charge in [0.1, 0.15) is 5.75 Å². The van der Waals surface area contributed by atoms with Crippen LogP contribution >= 0.6 is 0 Å². The molecule has 2 rings (SSSR count). The quantitative estimate of drug-likeness (QED) is 0.781. The SMILES string of the molecule is CNCC(C)(CCOc1ccccc1)C1CC1. The molecule has 0 aromatic heterocycles. The normalized spacial score (nSPS) is 18.7. The van der Waals surface area contributed by atoms with Crippen LogP contribution in [-0.4, -0.2) is 20.2 Å². The lowest BCUT2D eigenvalue weighted by Gasteiger charge is -2.29. The van der Waals surface area contributed by atoms with Gasteiger partial charge in [0, 0.05) is 6.54 Å². The Balaban J connectivity index is 1.80. The maximum Gasteiger partial charge on any atom is 0.119 e. The first kappa shape index (κ1) is 12.4. The molecule has 1 aliphatic rings. The van der Waals surface area contributed by atoms with Crippen LogP contribution < -0.4 is 10.1 Å². The summed E-state index contributed by atoms with van der Waals surface area (Å²) in [6.07, 6.45) is 3.92. The fourth-order valence-electron chi connectivity index (χ4n) is 2.54. The van der Waals surface area contributed by atoms with Gasteiger partial charge < -0.3 is 10.1 Å². The Labute approximate surface area is 104 Å². The maximum absolute atomic E-state index is 5.80. The molecule has 0 spiro atoms. The predicted octanol–water partition coefficient (Wildman–Crippen LogP) is 3.09. The van der Waals surface area contributed by atoms with E-state index >= 15 is 0 Å². The highest BCUT2D eigenvalue weighted by Crippen LogP contribution is 2.47. The lowest BCUT2D eigenvalue weighted by atomic mass is 9.81. The lowest BCUT2D eigenvalue weighted by Crippen LogP contribution is -2.33. The first-order valence-corrected chi connectivity index (χ1v) is 6.57. The number of hydrogen-bond donors (Lipinski definition) is 1. The predicted molar refractivity (Wildman–Crippen MR) is 71.3 cm³/mol. The molecule has 0 aliphatic heterocycles. The molecule has 0 radical (unpaired) electrons. The summed E-state index contributed by atoms with van der Waals surface area (Å²) in [4.78, 5) is 0. The van der Waals surface area contributed by atoms with Crippen molar-refractivity contribution in [2.24, 2.45) is 11.3 Å². The van der Waals surface area contributed by atoms with Gasteiger partial charge in [-0.15, -0.1) is 0 Å². The highest BCUT2D eigenvalue weighted by Gasteiger charge is 2.40. The van der Waals surface area contributed by atoms with Crippen molar-refractivity contribution < 1.29 is 4.74 Å². The Kier molecular flexibility index (Phi) is 4.06. The molecule has 1 aromatic carbocycles. The summed E-state index contributed by atoms with van der Waals surface area (Å²) in [6.45, 7) is 4.30. The third-order valence-electron chi connectivity index (χ3n) is 3.83. The zero-order valence-corrected chi connectivity index (χ0v) is 10.9. The smallest absolute Gasteiger partial charge is 0.119 e. The number of nitrogens with one attached hydrogen (secondary N) is 1. The minimum Gasteiger partial charge on any atom is -0.494 e. The molecule has 17 heavy (non-hydrogen) atoms. The van der Waals surface area contributed by atoms with Crippen LogP contribution in [0.3, 0.4) is 0 Å². The van der Waals surface area contributed by atoms with Gasteiger partial charge >= 0.3 is 0 Å². The van der Waals surface area contributed by atoms with E-state index in [1.807, 2.05) is 37.4 Å². The van der Waals surface area contributed by atoms with Gasteiger partial charge in [0.25, 0.3) is 0 Å². The van der Waals surface area contributed by atoms with Gasteiger partial charge in [-0.1, -0.05) is 25.1 Å². The first-order chi connectivity index (χ1) is 8.24. The van der Waals surface area contributed by atoms with Crippen molar-refractivity contribution in [2.45, 2.75) is 26.2 Å². The van der Waals surface area contributed by atoms with Crippen molar-refractivity contribution >= 4 is 0 Å². The summed E-state index contributed by atoms with van der Waals surface area (Å²) >= 11 is 0. The van der Waals surface area contributed by atoms with Crippen molar-refractivity contribution in [3.05, 3.63) is 30.3 Å². The van der Waals surface area contributed by atoms with Crippen LogP contribution in [0.15, 0.2) is 30.3 Å². The van der Waals surface area contributed by atoms with Crippen LogP contribution in [0.25, 0.3) is 0 Å². The molecule has 1 saturated carbocycles. The number of hydrogen-bond acceptors (Lipinski definition) is 2. The highest BCUT2D eigenvalue weighted by atomic mass is 16.5. The molecule has 1 aliphatic carbocycles. The monoisotopic (exact) mass is 233 g/mol. The molecular weight excluding hydrogens is 210 g/mol. The zero-order chi connectivity index (χ0) is 12.1. The van der Waals surface area contributed by atoms with E-state index < -0.39 is 0 Å². The van der Waals surface area contributed by atoms with E-state index in [2.05, 4.69) is 12.2 Å². The molecule has 0 bridgehead atoms. The molecule has 94 valence electrons. The van der Waals surface area contributed by atoms with Gasteiger partial charge in [-0.25, -0.2) is 0 Å². The molecule has 1 unspecified atom stereocenters. The Morgan fingerprint density at radius 1 is 1.29 bits per heavy atom. The molecule has 1 atom stereocenters. The second kappa shape index (κ2) is 5.54. The molecule has 2 nitrogen and oxygen atoms in total. The van der Waals surface area contributed by atoms with E-state index in [9.17, 15) is 0 Å². The minimum absolute atomic E-state index is 0.406. The van der Waals surface area contributed by atoms with E-state index in [-0.39, 0.29) is 0 Å². The van der Waals surface area contributed by atoms with E-state index in [1.165, 1.54) is 12.8 Å². The molecule has 0 heterocycles. The highest BCUT2D eigenvalue weighted by molar-refractivity contribution is 5.20. The number of ether oxygens (including phenoxy) is 1. The van der Waals surface area contributed by atoms with Crippen LogP contribution in [0.2, 0.25) is 0 Å². The van der Waals surface area contributed by atoms with E-state index in [0.29, 0.717) is 5.41 Å². The molecular formula is C15H23NO. The van der Waals surface area contributed by atoms with E-state index in [4.69, 9.17) is 4.74 Å². The van der Waals surface area contributed by atoms with Crippen molar-refractivity contribution in [3.63, 3.8) is 0 Å². The van der Waals surface area contributed by atoms with E-state index in [1.54, 1.807) is 0 Å². The summed E-state index contributed by atoms with van der Waals surface area (Å²) < 4.78 is 5.80. The molecule has 0 amide bonds. The first-order valence-electron chi connectivity index (χ1n) is 6.57. The van der Waals surface area contributed by atoms with Crippen LogP contribution in [-0.2, 0) is 0 Å². The lowest BCUT2D eigenvalue weighted by molar-refractivity contribution is 0.183. The van der Waals surface area contributed by atoms with Gasteiger partial charge in [-0.2, -0.15) is 0 Å². The van der Waals surface area contributed by atoms with Crippen LogP contribution in [0.1, 0.15) is 26.2 Å². The third-order valence-corrected chi connectivity index (χ3v) is 3.83. The largest absolute Gasteiger partial charge is 0.494 e. The summed E-state index contributed by atoms with van der Waals surface area (Å²) in [5.74, 6) is 1.88. The van der Waals surface area contributed by atoms with Crippen LogP contribution in [0, 0.1) is 11.3 Å². The second-order valence-corrected chi connectivity index (χ2v) is 5.37. The fourth-order valence-corrected chi connectivity index (χ4v) is 2.54. The number of rotatable bonds is 7. The maximum atomic E-state index is 5.80.